The zero-order chi connectivity index (χ0) is 13.7. The van der Waals surface area contributed by atoms with Crippen LogP contribution in [0.5, 0.6) is 11.5 Å². The van der Waals surface area contributed by atoms with Gasteiger partial charge in [0.1, 0.15) is 0 Å². The molecule has 4 heteroatoms. The smallest absolute Gasteiger partial charge is 0.179 e. The highest BCUT2D eigenvalue weighted by atomic mass is 35.5. The molecule has 1 aliphatic rings. The average Bonchev–Trinajstić information content (AvgIpc) is 2.64. The molecule has 0 fully saturated rings. The van der Waals surface area contributed by atoms with E-state index in [-0.39, 0.29) is 0 Å². The predicted octanol–water partition coefficient (Wildman–Crippen LogP) is 4.12. The fraction of sp³-hybridized carbons (Fsp3) is 0.600. The van der Waals surface area contributed by atoms with Crippen LogP contribution in [-0.4, -0.2) is 18.3 Å². The van der Waals surface area contributed by atoms with Gasteiger partial charge in [0.15, 0.2) is 11.5 Å². The summed E-state index contributed by atoms with van der Waals surface area (Å²) < 4.78 is 11.2. The van der Waals surface area contributed by atoms with Gasteiger partial charge in [-0.1, -0.05) is 37.8 Å². The van der Waals surface area contributed by atoms with Crippen LogP contribution in [0.15, 0.2) is 12.1 Å². The van der Waals surface area contributed by atoms with Crippen molar-refractivity contribution in [1.82, 2.24) is 0 Å². The Kier molecular flexibility index (Phi) is 5.34. The molecule has 3 nitrogen and oxygen atoms in total. The van der Waals surface area contributed by atoms with E-state index in [9.17, 15) is 5.11 Å². The van der Waals surface area contributed by atoms with E-state index in [4.69, 9.17) is 21.1 Å². The lowest BCUT2D eigenvalue weighted by Gasteiger charge is -2.15. The van der Waals surface area contributed by atoms with Gasteiger partial charge in [-0.2, -0.15) is 0 Å². The third kappa shape index (κ3) is 3.77. The fourth-order valence-corrected chi connectivity index (χ4v) is 2.47. The number of rotatable bonds is 5. The molecule has 1 heterocycles. The first kappa shape index (κ1) is 14.5. The lowest BCUT2D eigenvalue weighted by atomic mass is 10.0. The Labute approximate surface area is 119 Å². The molecule has 1 unspecified atom stereocenters. The maximum Gasteiger partial charge on any atom is 0.179 e. The van der Waals surface area contributed by atoms with E-state index >= 15 is 0 Å². The number of hydrogen-bond donors (Lipinski definition) is 1. The molecular weight excluding hydrogens is 264 g/mol. The number of unbranched alkanes of at least 4 members (excludes halogenated alkanes) is 2. The van der Waals surface area contributed by atoms with E-state index in [1.807, 2.05) is 6.07 Å². The molecule has 0 aliphatic carbocycles. The van der Waals surface area contributed by atoms with Crippen LogP contribution in [0.4, 0.5) is 0 Å². The molecule has 1 aromatic carbocycles. The first-order chi connectivity index (χ1) is 9.22. The molecule has 1 atom stereocenters. The van der Waals surface area contributed by atoms with Gasteiger partial charge >= 0.3 is 0 Å². The molecule has 2 rings (SSSR count). The summed E-state index contributed by atoms with van der Waals surface area (Å²) in [4.78, 5) is 0. The second kappa shape index (κ2) is 7.01. The van der Waals surface area contributed by atoms with E-state index in [0.717, 1.165) is 37.7 Å². The maximum atomic E-state index is 10.2. The summed E-state index contributed by atoms with van der Waals surface area (Å²) in [5, 5.41) is 10.7. The van der Waals surface area contributed by atoms with Crippen LogP contribution >= 0.6 is 11.6 Å². The Balaban J connectivity index is 2.13. The topological polar surface area (TPSA) is 38.7 Å². The number of aliphatic hydroxyl groups is 1. The quantitative estimate of drug-likeness (QED) is 0.827. The second-order valence-electron chi connectivity index (χ2n) is 4.89. The molecular formula is C15H21ClO3. The molecule has 19 heavy (non-hydrogen) atoms. The number of halogens is 1. The highest BCUT2D eigenvalue weighted by Gasteiger charge is 2.18. The fourth-order valence-electron chi connectivity index (χ4n) is 2.20. The Hall–Kier alpha value is -0.930. The molecule has 0 spiro atoms. The van der Waals surface area contributed by atoms with E-state index in [0.29, 0.717) is 29.7 Å². The van der Waals surface area contributed by atoms with Crippen molar-refractivity contribution < 1.29 is 14.6 Å². The summed E-state index contributed by atoms with van der Waals surface area (Å²) in [5.41, 5.74) is 0.811. The molecule has 106 valence electrons. The molecule has 1 aromatic rings. The van der Waals surface area contributed by atoms with E-state index in [1.54, 1.807) is 6.07 Å². The molecule has 1 aliphatic heterocycles. The largest absolute Gasteiger partial charge is 0.489 e. The monoisotopic (exact) mass is 284 g/mol. The lowest BCUT2D eigenvalue weighted by molar-refractivity contribution is 0.163. The third-order valence-electron chi connectivity index (χ3n) is 3.29. The van der Waals surface area contributed by atoms with Crippen molar-refractivity contribution in [3.63, 3.8) is 0 Å². The summed E-state index contributed by atoms with van der Waals surface area (Å²) in [6.45, 7) is 3.39. The molecule has 0 amide bonds. The van der Waals surface area contributed by atoms with Crippen molar-refractivity contribution >= 4 is 11.6 Å². The van der Waals surface area contributed by atoms with Crippen LogP contribution in [0.1, 0.15) is 50.7 Å². The first-order valence-corrected chi connectivity index (χ1v) is 7.37. The van der Waals surface area contributed by atoms with Crippen molar-refractivity contribution in [2.45, 2.75) is 45.1 Å². The zero-order valence-electron chi connectivity index (χ0n) is 11.3. The van der Waals surface area contributed by atoms with Gasteiger partial charge in [-0.05, 0) is 24.1 Å². The Morgan fingerprint density at radius 1 is 1.26 bits per heavy atom. The Morgan fingerprint density at radius 2 is 2.05 bits per heavy atom. The first-order valence-electron chi connectivity index (χ1n) is 6.99. The lowest BCUT2D eigenvalue weighted by Crippen LogP contribution is -2.00. The number of benzene rings is 1. The normalized spacial score (nSPS) is 15.9. The minimum absolute atomic E-state index is 0.485. The second-order valence-corrected chi connectivity index (χ2v) is 5.30. The van der Waals surface area contributed by atoms with Crippen molar-refractivity contribution in [2.24, 2.45) is 0 Å². The molecule has 0 radical (unpaired) electrons. The summed E-state index contributed by atoms with van der Waals surface area (Å²) in [5.74, 6) is 1.25. The van der Waals surface area contributed by atoms with Gasteiger partial charge in [-0.25, -0.2) is 0 Å². The van der Waals surface area contributed by atoms with Crippen LogP contribution in [0, 0.1) is 0 Å². The van der Waals surface area contributed by atoms with Crippen LogP contribution in [0.3, 0.4) is 0 Å². The van der Waals surface area contributed by atoms with Crippen molar-refractivity contribution in [1.29, 1.82) is 0 Å². The molecule has 0 saturated carbocycles. The highest BCUT2D eigenvalue weighted by Crippen LogP contribution is 2.40. The predicted molar refractivity (Wildman–Crippen MR) is 76.2 cm³/mol. The number of aliphatic hydroxyl groups excluding tert-OH is 1. The van der Waals surface area contributed by atoms with Crippen LogP contribution in [0.2, 0.25) is 5.02 Å². The van der Waals surface area contributed by atoms with Crippen molar-refractivity contribution in [3.05, 3.63) is 22.7 Å². The minimum Gasteiger partial charge on any atom is -0.489 e. The van der Waals surface area contributed by atoms with Gasteiger partial charge in [0.05, 0.1) is 24.3 Å². The third-order valence-corrected chi connectivity index (χ3v) is 3.57. The van der Waals surface area contributed by atoms with Crippen LogP contribution in [0.25, 0.3) is 0 Å². The molecule has 1 N–H and O–H groups in total. The van der Waals surface area contributed by atoms with Crippen LogP contribution in [-0.2, 0) is 0 Å². The highest BCUT2D eigenvalue weighted by molar-refractivity contribution is 6.32. The Morgan fingerprint density at radius 3 is 2.84 bits per heavy atom. The van der Waals surface area contributed by atoms with Gasteiger partial charge in [-0.15, -0.1) is 0 Å². The van der Waals surface area contributed by atoms with Gasteiger partial charge in [0, 0.05) is 6.42 Å². The van der Waals surface area contributed by atoms with Gasteiger partial charge in [-0.3, -0.25) is 0 Å². The number of hydrogen-bond acceptors (Lipinski definition) is 3. The molecule has 0 saturated heterocycles. The maximum absolute atomic E-state index is 10.2. The SMILES string of the molecule is CCCCCC(O)c1cc(Cl)c2c(c1)OCCCO2. The molecule has 0 bridgehead atoms. The van der Waals surface area contributed by atoms with Gasteiger partial charge < -0.3 is 14.6 Å². The van der Waals surface area contributed by atoms with E-state index in [2.05, 4.69) is 6.92 Å². The zero-order valence-corrected chi connectivity index (χ0v) is 12.1. The summed E-state index contributed by atoms with van der Waals surface area (Å²) in [6.07, 6.45) is 4.41. The van der Waals surface area contributed by atoms with E-state index in [1.165, 1.54) is 0 Å². The van der Waals surface area contributed by atoms with Gasteiger partial charge in [0.25, 0.3) is 0 Å². The van der Waals surface area contributed by atoms with Gasteiger partial charge in [0.2, 0.25) is 0 Å². The average molecular weight is 285 g/mol. The van der Waals surface area contributed by atoms with Crippen molar-refractivity contribution in [2.75, 3.05) is 13.2 Å². The Bertz CT molecular complexity index is 420. The van der Waals surface area contributed by atoms with Crippen LogP contribution < -0.4 is 9.47 Å². The number of fused-ring (bicyclic) bond motifs is 1. The minimum atomic E-state index is -0.485. The van der Waals surface area contributed by atoms with E-state index < -0.39 is 6.10 Å². The summed E-state index contributed by atoms with van der Waals surface area (Å²) in [6, 6.07) is 3.63. The summed E-state index contributed by atoms with van der Waals surface area (Å²) >= 11 is 6.21. The van der Waals surface area contributed by atoms with Crippen molar-refractivity contribution in [3.8, 4) is 11.5 Å². The standard InChI is InChI=1S/C15H21ClO3/c1-2-3-4-6-13(17)11-9-12(16)15-14(10-11)18-7-5-8-19-15/h9-10,13,17H,2-8H2,1H3. The molecule has 0 aromatic heterocycles. The summed E-state index contributed by atoms with van der Waals surface area (Å²) in [7, 11) is 0. The number of ether oxygens (including phenoxy) is 2.